The van der Waals surface area contributed by atoms with Gasteiger partial charge >= 0.3 is 0 Å². The summed E-state index contributed by atoms with van der Waals surface area (Å²) in [4.78, 5) is 13.9. The molecule has 0 aliphatic heterocycles. The average molecular weight is 479 g/mol. The van der Waals surface area contributed by atoms with E-state index in [4.69, 9.17) is 11.6 Å². The van der Waals surface area contributed by atoms with Gasteiger partial charge in [0, 0.05) is 42.8 Å². The third-order valence-corrected chi connectivity index (χ3v) is 6.55. The molecular weight excluding hydrogens is 455 g/mol. The Morgan fingerprint density at radius 1 is 1.19 bits per heavy atom. The van der Waals surface area contributed by atoms with Crippen LogP contribution < -0.4 is 4.72 Å². The van der Waals surface area contributed by atoms with Crippen LogP contribution in [-0.2, 0) is 21.2 Å². The summed E-state index contributed by atoms with van der Waals surface area (Å²) >= 11 is 5.83. The predicted octanol–water partition coefficient (Wildman–Crippen LogP) is 3.63. The average Bonchev–Trinajstić information content (AvgIpc) is 3.22. The highest BCUT2D eigenvalue weighted by Gasteiger charge is 2.16. The van der Waals surface area contributed by atoms with Crippen molar-refractivity contribution in [3.05, 3.63) is 71.1 Å². The van der Waals surface area contributed by atoms with E-state index in [9.17, 15) is 17.6 Å². The highest BCUT2D eigenvalue weighted by molar-refractivity contribution is 7.89. The van der Waals surface area contributed by atoms with Crippen molar-refractivity contribution in [2.24, 2.45) is 0 Å². The molecule has 7 nitrogen and oxygen atoms in total. The van der Waals surface area contributed by atoms with Crippen molar-refractivity contribution in [1.29, 1.82) is 0 Å². The lowest BCUT2D eigenvalue weighted by molar-refractivity contribution is -0.129. The molecule has 0 saturated heterocycles. The largest absolute Gasteiger partial charge is 0.346 e. The number of hydrogen-bond acceptors (Lipinski definition) is 4. The number of halogens is 2. The van der Waals surface area contributed by atoms with Crippen LogP contribution in [0.1, 0.15) is 18.5 Å². The maximum Gasteiger partial charge on any atom is 0.240 e. The van der Waals surface area contributed by atoms with E-state index in [0.29, 0.717) is 35.7 Å². The van der Waals surface area contributed by atoms with Crippen molar-refractivity contribution < 1.29 is 17.6 Å². The van der Waals surface area contributed by atoms with Gasteiger partial charge in [-0.05, 0) is 49.2 Å². The number of nitrogens with zero attached hydrogens (tertiary/aromatic N) is 2. The molecular formula is C22H24ClFN4O3S. The number of benzene rings is 2. The number of amides is 1. The van der Waals surface area contributed by atoms with Gasteiger partial charge in [-0.15, -0.1) is 0 Å². The minimum Gasteiger partial charge on any atom is -0.346 e. The monoisotopic (exact) mass is 478 g/mol. The first-order valence-electron chi connectivity index (χ1n) is 10.0. The smallest absolute Gasteiger partial charge is 0.240 e. The number of nitrogens with one attached hydrogen (secondary N) is 2. The second kappa shape index (κ2) is 10.7. The van der Waals surface area contributed by atoms with Gasteiger partial charge in [0.15, 0.2) is 0 Å². The number of sulfonamides is 1. The zero-order valence-electron chi connectivity index (χ0n) is 17.5. The molecule has 0 atom stereocenters. The van der Waals surface area contributed by atoms with E-state index in [-0.39, 0.29) is 29.6 Å². The molecule has 0 aliphatic rings. The molecule has 2 N–H and O–H groups in total. The minimum atomic E-state index is -3.72. The van der Waals surface area contributed by atoms with Gasteiger partial charge < -0.3 is 4.90 Å². The number of aromatic nitrogens is 2. The summed E-state index contributed by atoms with van der Waals surface area (Å²) < 4.78 is 40.3. The van der Waals surface area contributed by atoms with Crippen LogP contribution in [0.5, 0.6) is 0 Å². The lowest BCUT2D eigenvalue weighted by Gasteiger charge is -2.17. The van der Waals surface area contributed by atoms with Gasteiger partial charge in [0.1, 0.15) is 5.82 Å². The van der Waals surface area contributed by atoms with Crippen molar-refractivity contribution in [2.75, 3.05) is 20.1 Å². The van der Waals surface area contributed by atoms with Crippen molar-refractivity contribution in [1.82, 2.24) is 19.8 Å². The second-order valence-corrected chi connectivity index (χ2v) is 9.52. The van der Waals surface area contributed by atoms with Crippen molar-refractivity contribution >= 4 is 27.5 Å². The third-order valence-electron chi connectivity index (χ3n) is 4.85. The van der Waals surface area contributed by atoms with Crippen LogP contribution in [0.2, 0.25) is 5.02 Å². The van der Waals surface area contributed by atoms with Crippen LogP contribution in [-0.4, -0.2) is 49.6 Å². The molecule has 0 radical (unpaired) electrons. The molecule has 3 aromatic rings. The van der Waals surface area contributed by atoms with E-state index in [0.717, 1.165) is 5.69 Å². The standard InChI is InChI=1S/C22H24ClFN4O3S/c1-28(22(29)10-11-25-32(30,31)20-9-3-6-17(23)14-20)12-4-8-19-15-21(27-26-19)16-5-2-7-18(24)13-16/h2-3,5-7,9,13-15,25H,4,8,10-12H2,1H3,(H,26,27). The fraction of sp³-hybridized carbons (Fsp3) is 0.273. The van der Waals surface area contributed by atoms with E-state index >= 15 is 0 Å². The van der Waals surface area contributed by atoms with E-state index in [2.05, 4.69) is 14.9 Å². The minimum absolute atomic E-state index is 0.00440. The van der Waals surface area contributed by atoms with Crippen LogP contribution in [0.25, 0.3) is 11.3 Å². The van der Waals surface area contributed by atoms with Gasteiger partial charge in [-0.25, -0.2) is 17.5 Å². The topological polar surface area (TPSA) is 95.2 Å². The van der Waals surface area contributed by atoms with Crippen molar-refractivity contribution in [3.8, 4) is 11.3 Å². The number of rotatable bonds is 10. The molecule has 1 amide bonds. The molecule has 0 fully saturated rings. The van der Waals surface area contributed by atoms with Gasteiger partial charge in [-0.3, -0.25) is 9.89 Å². The number of aryl methyl sites for hydroxylation is 1. The first-order chi connectivity index (χ1) is 15.2. The van der Waals surface area contributed by atoms with Crippen LogP contribution in [0.4, 0.5) is 4.39 Å². The van der Waals surface area contributed by atoms with E-state index in [1.54, 1.807) is 36.2 Å². The lowest BCUT2D eigenvalue weighted by Crippen LogP contribution is -2.32. The molecule has 0 saturated carbocycles. The summed E-state index contributed by atoms with van der Waals surface area (Å²) in [5.74, 6) is -0.481. The molecule has 0 bridgehead atoms. The summed E-state index contributed by atoms with van der Waals surface area (Å²) in [6, 6.07) is 14.0. The quantitative estimate of drug-likeness (QED) is 0.465. The Balaban J connectivity index is 1.41. The Bertz CT molecular complexity index is 1180. The Morgan fingerprint density at radius 2 is 1.97 bits per heavy atom. The Kier molecular flexibility index (Phi) is 8.00. The summed E-state index contributed by atoms with van der Waals surface area (Å²) in [5.41, 5.74) is 2.25. The molecule has 0 unspecified atom stereocenters. The Morgan fingerprint density at radius 3 is 2.72 bits per heavy atom. The molecule has 0 aliphatic carbocycles. The van der Waals surface area contributed by atoms with Crippen molar-refractivity contribution in [2.45, 2.75) is 24.2 Å². The fourth-order valence-corrected chi connectivity index (χ4v) is 4.45. The summed E-state index contributed by atoms with van der Waals surface area (Å²) in [5, 5.41) is 7.47. The number of carbonyl (C=O) groups excluding carboxylic acids is 1. The van der Waals surface area contributed by atoms with Crippen LogP contribution in [0.15, 0.2) is 59.5 Å². The summed E-state index contributed by atoms with van der Waals surface area (Å²) in [6.45, 7) is 0.504. The fourth-order valence-electron chi connectivity index (χ4n) is 3.12. The lowest BCUT2D eigenvalue weighted by atomic mass is 10.1. The first kappa shape index (κ1) is 23.9. The highest BCUT2D eigenvalue weighted by atomic mass is 35.5. The number of H-pyrrole nitrogens is 1. The third kappa shape index (κ3) is 6.62. The van der Waals surface area contributed by atoms with Crippen LogP contribution in [0, 0.1) is 5.82 Å². The Labute approximate surface area is 191 Å². The molecule has 1 aromatic heterocycles. The van der Waals surface area contributed by atoms with Gasteiger partial charge in [0.05, 0.1) is 10.6 Å². The number of hydrogen-bond donors (Lipinski definition) is 2. The normalized spacial score (nSPS) is 11.5. The zero-order valence-corrected chi connectivity index (χ0v) is 19.1. The first-order valence-corrected chi connectivity index (χ1v) is 11.9. The maximum absolute atomic E-state index is 13.4. The zero-order chi connectivity index (χ0) is 23.1. The van der Waals surface area contributed by atoms with E-state index < -0.39 is 10.0 Å². The molecule has 170 valence electrons. The number of carbonyl (C=O) groups is 1. The Hall–Kier alpha value is -2.75. The van der Waals surface area contributed by atoms with E-state index in [1.165, 1.54) is 24.3 Å². The summed E-state index contributed by atoms with van der Waals surface area (Å²) in [7, 11) is -2.04. The summed E-state index contributed by atoms with van der Waals surface area (Å²) in [6.07, 6.45) is 1.41. The van der Waals surface area contributed by atoms with Crippen LogP contribution >= 0.6 is 11.6 Å². The van der Waals surface area contributed by atoms with Gasteiger partial charge in [-0.2, -0.15) is 5.10 Å². The molecule has 32 heavy (non-hydrogen) atoms. The predicted molar refractivity (Wildman–Crippen MR) is 121 cm³/mol. The highest BCUT2D eigenvalue weighted by Crippen LogP contribution is 2.19. The maximum atomic E-state index is 13.4. The molecule has 3 rings (SSSR count). The molecule has 1 heterocycles. The SMILES string of the molecule is CN(CCCc1cc(-c2cccc(F)c2)n[nH]1)C(=O)CCNS(=O)(=O)c1cccc(Cl)c1. The van der Waals surface area contributed by atoms with Crippen LogP contribution in [0.3, 0.4) is 0 Å². The molecule has 2 aromatic carbocycles. The number of aromatic amines is 1. The molecule has 0 spiro atoms. The molecule has 10 heteroatoms. The van der Waals surface area contributed by atoms with Gasteiger partial charge in [0.25, 0.3) is 0 Å². The van der Waals surface area contributed by atoms with Gasteiger partial charge in [0.2, 0.25) is 15.9 Å². The van der Waals surface area contributed by atoms with E-state index in [1.807, 2.05) is 6.07 Å². The second-order valence-electron chi connectivity index (χ2n) is 7.31. The van der Waals surface area contributed by atoms with Gasteiger partial charge in [-0.1, -0.05) is 29.8 Å². The van der Waals surface area contributed by atoms with Crippen molar-refractivity contribution in [3.63, 3.8) is 0 Å².